The molecular formula is C30H24ClNO4. The highest BCUT2D eigenvalue weighted by Crippen LogP contribution is 2.30. The minimum Gasteiger partial charge on any atom is -0.222 e. The van der Waals surface area contributed by atoms with Crippen LogP contribution in [0.5, 0.6) is 0 Å². The highest BCUT2D eigenvalue weighted by Gasteiger charge is 2.25. The molecule has 180 valence electrons. The molecule has 1 heterocycles. The molecule has 0 aliphatic rings. The minimum atomic E-state index is -4.94. The molecule has 0 saturated heterocycles. The van der Waals surface area contributed by atoms with Crippen LogP contribution in [-0.4, -0.2) is 0 Å². The molecule has 0 bridgehead atoms. The normalized spacial score (nSPS) is 10.9. The quantitative estimate of drug-likeness (QED) is 0.356. The van der Waals surface area contributed by atoms with Crippen LogP contribution in [0.2, 0.25) is 0 Å². The number of pyridine rings is 1. The van der Waals surface area contributed by atoms with E-state index in [1.54, 1.807) is 0 Å². The van der Waals surface area contributed by atoms with Gasteiger partial charge < -0.3 is 0 Å². The van der Waals surface area contributed by atoms with Gasteiger partial charge in [0.2, 0.25) is 17.1 Å². The van der Waals surface area contributed by atoms with Crippen LogP contribution < -0.4 is 23.2 Å². The van der Waals surface area contributed by atoms with Gasteiger partial charge in [-0.25, -0.2) is 18.6 Å². The van der Waals surface area contributed by atoms with E-state index < -0.39 is 10.2 Å². The molecule has 5 rings (SSSR count). The number of hydrogen-bond acceptors (Lipinski definition) is 4. The zero-order valence-electron chi connectivity index (χ0n) is 19.6. The molecule has 0 saturated carbocycles. The van der Waals surface area contributed by atoms with Gasteiger partial charge in [0.1, 0.15) is 0 Å². The second-order valence-corrected chi connectivity index (χ2v) is 8.87. The maximum Gasteiger partial charge on any atom is 0.219 e. The zero-order chi connectivity index (χ0) is 25.5. The van der Waals surface area contributed by atoms with Crippen molar-refractivity contribution in [3.05, 3.63) is 133 Å². The van der Waals surface area contributed by atoms with Crippen LogP contribution in [0.4, 0.5) is 0 Å². The van der Waals surface area contributed by atoms with E-state index in [1.807, 2.05) is 0 Å². The highest BCUT2D eigenvalue weighted by molar-refractivity contribution is 5.74. The van der Waals surface area contributed by atoms with E-state index in [9.17, 15) is 0 Å². The van der Waals surface area contributed by atoms with Crippen LogP contribution in [0, 0.1) is 17.2 Å². The fraction of sp³-hybridized carbons (Fsp3) is 0.0333. The molecule has 0 fully saturated rings. The summed E-state index contributed by atoms with van der Waals surface area (Å²) in [6.07, 6.45) is 0. The third kappa shape index (κ3) is 6.43. The number of para-hydroxylation sites is 1. The summed E-state index contributed by atoms with van der Waals surface area (Å²) in [5.41, 5.74) is 9.61. The van der Waals surface area contributed by atoms with Crippen LogP contribution >= 0.6 is 0 Å². The number of rotatable bonds is 4. The molecule has 0 atom stereocenters. The Bertz CT molecular complexity index is 1350. The predicted octanol–water partition coefficient (Wildman–Crippen LogP) is 2.52. The predicted molar refractivity (Wildman–Crippen MR) is 129 cm³/mol. The molecule has 5 nitrogen and oxygen atoms in total. The fourth-order valence-corrected chi connectivity index (χ4v) is 4.11. The summed E-state index contributed by atoms with van der Waals surface area (Å²) in [6, 6.07) is 45.2. The van der Waals surface area contributed by atoms with Crippen LogP contribution in [0.3, 0.4) is 0 Å². The average Bonchev–Trinajstić information content (AvgIpc) is 2.89. The van der Waals surface area contributed by atoms with Crippen molar-refractivity contribution in [1.82, 2.24) is 0 Å². The Hall–Kier alpha value is -3.84. The lowest BCUT2D eigenvalue weighted by atomic mass is 9.98. The number of halogens is 1. The summed E-state index contributed by atoms with van der Waals surface area (Å²) in [7, 11) is -4.94. The molecule has 0 aliphatic heterocycles. The van der Waals surface area contributed by atoms with E-state index in [4.69, 9.17) is 18.6 Å². The first kappa shape index (κ1) is 25.3. The van der Waals surface area contributed by atoms with Crippen molar-refractivity contribution < 1.29 is 33.4 Å². The molecule has 0 spiro atoms. The molecule has 0 amide bonds. The van der Waals surface area contributed by atoms with Crippen molar-refractivity contribution in [3.8, 4) is 39.3 Å². The van der Waals surface area contributed by atoms with E-state index in [0.717, 1.165) is 0 Å². The van der Waals surface area contributed by atoms with Crippen molar-refractivity contribution in [1.29, 1.82) is 0 Å². The molecular weight excluding hydrogens is 474 g/mol. The summed E-state index contributed by atoms with van der Waals surface area (Å²) in [4.78, 5) is 0. The van der Waals surface area contributed by atoms with Gasteiger partial charge in [-0.15, -0.1) is 10.2 Å². The lowest BCUT2D eigenvalue weighted by molar-refractivity contribution is -2.00. The number of aryl methyl sites for hydroxylation is 1. The molecule has 0 N–H and O–H groups in total. The van der Waals surface area contributed by atoms with Gasteiger partial charge in [0.15, 0.2) is 0 Å². The van der Waals surface area contributed by atoms with Gasteiger partial charge in [0.05, 0.1) is 0 Å². The third-order valence-corrected chi connectivity index (χ3v) is 5.67. The Morgan fingerprint density at radius 2 is 0.833 bits per heavy atom. The van der Waals surface area contributed by atoms with Crippen LogP contribution in [0.15, 0.2) is 127 Å². The van der Waals surface area contributed by atoms with Gasteiger partial charge in [0, 0.05) is 34.9 Å². The summed E-state index contributed by atoms with van der Waals surface area (Å²) < 4.78 is 36.4. The van der Waals surface area contributed by atoms with Gasteiger partial charge >= 0.3 is 0 Å². The third-order valence-electron chi connectivity index (χ3n) is 5.67. The van der Waals surface area contributed by atoms with Crippen LogP contribution in [0.25, 0.3) is 39.3 Å². The number of aromatic nitrogens is 1. The van der Waals surface area contributed by atoms with E-state index >= 15 is 0 Å². The fourth-order valence-electron chi connectivity index (χ4n) is 4.11. The summed E-state index contributed by atoms with van der Waals surface area (Å²) in [5.74, 6) is 0. The molecule has 6 heteroatoms. The first-order valence-electron chi connectivity index (χ1n) is 11.3. The van der Waals surface area contributed by atoms with E-state index in [0.29, 0.717) is 0 Å². The molecule has 36 heavy (non-hydrogen) atoms. The Labute approximate surface area is 212 Å². The first-order valence-corrected chi connectivity index (χ1v) is 12.5. The maximum absolute atomic E-state index is 8.49. The van der Waals surface area contributed by atoms with Crippen molar-refractivity contribution in [2.24, 2.45) is 0 Å². The second-order valence-electron chi connectivity index (χ2n) is 8.11. The van der Waals surface area contributed by atoms with E-state index in [-0.39, 0.29) is 0 Å². The van der Waals surface area contributed by atoms with Gasteiger partial charge in [-0.05, 0) is 42.3 Å². The van der Waals surface area contributed by atoms with Crippen LogP contribution in [-0.2, 0) is 0 Å². The Morgan fingerprint density at radius 3 is 1.25 bits per heavy atom. The molecule has 0 unspecified atom stereocenters. The van der Waals surface area contributed by atoms with Crippen molar-refractivity contribution in [2.45, 2.75) is 6.92 Å². The summed E-state index contributed by atoms with van der Waals surface area (Å²) >= 11 is 0. The summed E-state index contributed by atoms with van der Waals surface area (Å²) in [6.45, 7) is 2.18. The first-order chi connectivity index (χ1) is 17.3. The molecule has 0 aliphatic carbocycles. The Kier molecular flexibility index (Phi) is 7.90. The van der Waals surface area contributed by atoms with Gasteiger partial charge in [-0.3, -0.25) is 0 Å². The van der Waals surface area contributed by atoms with Crippen molar-refractivity contribution in [2.75, 3.05) is 0 Å². The Balaban J connectivity index is 0.000000556. The topological polar surface area (TPSA) is 96.1 Å². The second kappa shape index (κ2) is 11.3. The molecule has 1 aromatic heterocycles. The van der Waals surface area contributed by atoms with E-state index in [2.05, 4.69) is 139 Å². The number of hydrogen-bond donors (Lipinski definition) is 0. The molecule has 0 radical (unpaired) electrons. The van der Waals surface area contributed by atoms with Gasteiger partial charge in [-0.1, -0.05) is 84.9 Å². The lowest BCUT2D eigenvalue weighted by Crippen LogP contribution is -2.68. The zero-order valence-corrected chi connectivity index (χ0v) is 20.3. The summed E-state index contributed by atoms with van der Waals surface area (Å²) in [5, 5.41) is 0. The largest absolute Gasteiger partial charge is 0.222 e. The number of nitrogens with zero attached hydrogens (tertiary/aromatic N) is 1. The average molecular weight is 498 g/mol. The lowest BCUT2D eigenvalue weighted by Gasteiger charge is -2.17. The Morgan fingerprint density at radius 1 is 0.472 bits per heavy atom. The molecule has 5 aromatic rings. The van der Waals surface area contributed by atoms with Crippen molar-refractivity contribution in [3.63, 3.8) is 0 Å². The monoisotopic (exact) mass is 497 g/mol. The van der Waals surface area contributed by atoms with Gasteiger partial charge in [-0.2, -0.15) is 4.57 Å². The SMILES string of the molecule is Cc1ccccc1-[n+]1c(-c2ccccc2)cc(-c2ccccc2)cc1-c1ccccc1.[O-][Cl+3]([O-])([O-])[O-]. The highest BCUT2D eigenvalue weighted by atomic mass is 35.7. The minimum absolute atomic E-state index is 1.18. The van der Waals surface area contributed by atoms with Crippen LogP contribution in [0.1, 0.15) is 5.56 Å². The maximum atomic E-state index is 8.49. The standard InChI is InChI=1S/C30H24N.ClHO4/c1-23-13-11-12-20-28(23)31-29(25-16-7-3-8-17-25)21-27(24-14-5-2-6-15-24)22-30(31)26-18-9-4-10-19-26;2-1(3,4)5/h2-22H,1H3;(H,2,3,4,5)/q+1;/p-1. The van der Waals surface area contributed by atoms with Gasteiger partial charge in [0.25, 0.3) is 0 Å². The van der Waals surface area contributed by atoms with E-state index in [1.165, 1.54) is 44.9 Å². The smallest absolute Gasteiger partial charge is 0.219 e. The molecule has 4 aromatic carbocycles. The van der Waals surface area contributed by atoms with Crippen molar-refractivity contribution >= 4 is 0 Å². The number of benzene rings is 4.